The minimum atomic E-state index is 0.954. The molecule has 0 aromatic heterocycles. The Morgan fingerprint density at radius 1 is 0.583 bits per heavy atom. The molecule has 5 aliphatic carbocycles. The maximum atomic E-state index is 3.63. The lowest BCUT2D eigenvalue weighted by Crippen LogP contribution is -2.13. The Hall–Kier alpha value is -6.78. The lowest BCUT2D eigenvalue weighted by Gasteiger charge is -2.13. The van der Waals surface area contributed by atoms with Gasteiger partial charge in [0.15, 0.2) is 5.56 Å². The summed E-state index contributed by atoms with van der Waals surface area (Å²) in [5.74, 6) is 0. The van der Waals surface area contributed by atoms with Crippen LogP contribution >= 0.6 is 0 Å². The quantitative estimate of drug-likeness (QED) is 0.236. The third-order valence-electron chi connectivity index (χ3n) is 7.56. The molecule has 0 atom stereocenters. The van der Waals surface area contributed by atoms with Gasteiger partial charge in [-0.1, -0.05) is 11.6 Å². The minimum Gasteiger partial charge on any atom is -0.211 e. The fraction of sp³-hybridized carbons (Fsp3) is 0. The highest BCUT2D eigenvalue weighted by Gasteiger charge is 2.16. The highest BCUT2D eigenvalue weighted by atomic mass is 14.1. The molecule has 5 aliphatic rings. The molecule has 2 aromatic carbocycles. The van der Waals surface area contributed by atoms with Gasteiger partial charge in [-0.3, -0.25) is 0 Å². The Labute approximate surface area is 285 Å². The molecule has 7 rings (SSSR count). The Morgan fingerprint density at radius 2 is 1.19 bits per heavy atom. The smallest absolute Gasteiger partial charge is 0.194 e. The summed E-state index contributed by atoms with van der Waals surface area (Å²) in [6.07, 6.45) is 63.0. The third-order valence-corrected chi connectivity index (χ3v) is 7.56. The van der Waals surface area contributed by atoms with Gasteiger partial charge >= 0.3 is 0 Å². The molecule has 0 saturated carbocycles. The molecular weight excluding hydrogens is 577 g/mol. The summed E-state index contributed by atoms with van der Waals surface area (Å²) in [5.41, 5.74) is 13.5. The number of hydrogen-bond donors (Lipinski definition) is 0. The summed E-state index contributed by atoms with van der Waals surface area (Å²) in [6.45, 7) is 0. The molecular formula is C48H30. The van der Waals surface area contributed by atoms with E-state index < -0.39 is 0 Å². The Balaban J connectivity index is 1.28. The van der Waals surface area contributed by atoms with Crippen LogP contribution in [-0.2, 0) is 0 Å². The molecule has 0 heteroatoms. The van der Waals surface area contributed by atoms with Gasteiger partial charge in [-0.05, 0) is 47.1 Å². The van der Waals surface area contributed by atoms with Crippen molar-refractivity contribution >= 4 is 12.2 Å². The Morgan fingerprint density at radius 3 is 1.81 bits per heavy atom. The van der Waals surface area contributed by atoms with Gasteiger partial charge in [0.25, 0.3) is 0 Å². The van der Waals surface area contributed by atoms with Gasteiger partial charge in [-0.15, -0.1) is 66.7 Å². The van der Waals surface area contributed by atoms with Gasteiger partial charge < -0.3 is 0 Å². The fourth-order valence-electron chi connectivity index (χ4n) is 5.45. The van der Waals surface area contributed by atoms with Crippen molar-refractivity contribution in [3.63, 3.8) is 0 Å². The van der Waals surface area contributed by atoms with E-state index in [4.69, 9.17) is 0 Å². The normalized spacial score (nSPS) is 17.6. The highest BCUT2D eigenvalue weighted by molar-refractivity contribution is 5.63. The van der Waals surface area contributed by atoms with Crippen molar-refractivity contribution in [1.29, 1.82) is 0 Å². The van der Waals surface area contributed by atoms with Crippen molar-refractivity contribution in [3.05, 3.63) is 274 Å². The summed E-state index contributed by atoms with van der Waals surface area (Å²) in [7, 11) is 0. The summed E-state index contributed by atoms with van der Waals surface area (Å²) in [5, 5.41) is 1.93. The van der Waals surface area contributed by atoms with Crippen LogP contribution in [0, 0.1) is 50.3 Å². The second-order valence-corrected chi connectivity index (χ2v) is 11.4. The molecule has 2 aromatic rings. The van der Waals surface area contributed by atoms with Crippen molar-refractivity contribution in [1.82, 2.24) is 0 Å². The number of allylic oxidation sites excluding steroid dienone is 26. The Bertz CT molecular complexity index is 2090. The van der Waals surface area contributed by atoms with Crippen LogP contribution < -0.4 is 10.4 Å². The van der Waals surface area contributed by atoms with Crippen LogP contribution in [0.1, 0.15) is 11.1 Å². The van der Waals surface area contributed by atoms with Gasteiger partial charge in [0, 0.05) is 48.4 Å². The zero-order chi connectivity index (χ0) is 32.4. The maximum Gasteiger partial charge on any atom is 0.194 e. The van der Waals surface area contributed by atoms with Crippen LogP contribution in [0.25, 0.3) is 12.2 Å². The second-order valence-electron chi connectivity index (χ2n) is 11.4. The van der Waals surface area contributed by atoms with E-state index in [9.17, 15) is 0 Å². The second kappa shape index (κ2) is 14.5. The van der Waals surface area contributed by atoms with Crippen molar-refractivity contribution in [2.45, 2.75) is 0 Å². The molecule has 0 spiro atoms. The van der Waals surface area contributed by atoms with Crippen LogP contribution in [0.4, 0.5) is 0 Å². The van der Waals surface area contributed by atoms with Crippen molar-refractivity contribution in [3.8, 4) is 0 Å². The van der Waals surface area contributed by atoms with Gasteiger partial charge in [0.05, 0.1) is 18.2 Å². The molecule has 0 unspecified atom stereocenters. The van der Waals surface area contributed by atoms with Crippen LogP contribution in [0.15, 0.2) is 202 Å². The molecule has 0 N–H and O–H groups in total. The monoisotopic (exact) mass is 606 g/mol. The van der Waals surface area contributed by atoms with Crippen LogP contribution in [0.5, 0.6) is 0 Å². The van der Waals surface area contributed by atoms with E-state index >= 15 is 0 Å². The van der Waals surface area contributed by atoms with E-state index in [0.717, 1.165) is 66.1 Å². The molecule has 0 bridgehead atoms. The predicted octanol–water partition coefficient (Wildman–Crippen LogP) is 8.80. The zero-order valence-corrected chi connectivity index (χ0v) is 26.3. The molecule has 0 saturated heterocycles. The van der Waals surface area contributed by atoms with Gasteiger partial charge in [0.1, 0.15) is 27.1 Å². The molecule has 0 aliphatic heterocycles. The first-order chi connectivity index (χ1) is 23.7. The molecule has 0 fully saturated rings. The number of rotatable bonds is 5. The van der Waals surface area contributed by atoms with E-state index in [2.05, 4.69) is 146 Å². The molecule has 0 radical (unpaired) electrons. The van der Waals surface area contributed by atoms with Gasteiger partial charge in [-0.2, -0.15) is 55.7 Å². The van der Waals surface area contributed by atoms with E-state index in [0.29, 0.717) is 0 Å². The molecule has 0 amide bonds. The van der Waals surface area contributed by atoms with Gasteiger partial charge in [0.2, 0.25) is 0 Å². The molecule has 222 valence electrons. The first-order valence-corrected chi connectivity index (χ1v) is 15.9. The third kappa shape index (κ3) is 8.27. The van der Waals surface area contributed by atoms with Crippen molar-refractivity contribution in [2.24, 2.45) is 0 Å². The van der Waals surface area contributed by atoms with Crippen molar-refractivity contribution in [2.75, 3.05) is 0 Å². The van der Waals surface area contributed by atoms with E-state index in [-0.39, 0.29) is 0 Å². The number of hydrogen-bond acceptors (Lipinski definition) is 0. The largest absolute Gasteiger partial charge is 0.211 e. The summed E-state index contributed by atoms with van der Waals surface area (Å²) < 4.78 is 0. The van der Waals surface area contributed by atoms with E-state index in [1.807, 2.05) is 73.9 Å². The first kappa shape index (κ1) is 29.9. The van der Waals surface area contributed by atoms with Crippen LogP contribution in [-0.4, -0.2) is 0 Å². The predicted molar refractivity (Wildman–Crippen MR) is 198 cm³/mol. The lowest BCUT2D eigenvalue weighted by atomic mass is 9.91. The molecule has 0 heterocycles. The highest BCUT2D eigenvalue weighted by Crippen LogP contribution is 2.26. The Kier molecular flexibility index (Phi) is 9.06. The summed E-state index contributed by atoms with van der Waals surface area (Å²) in [6, 6.07) is 16.5. The minimum absolute atomic E-state index is 0.954. The average Bonchev–Trinajstić information content (AvgIpc) is 3.10. The van der Waals surface area contributed by atoms with E-state index in [1.54, 1.807) is 0 Å². The fourth-order valence-corrected chi connectivity index (χ4v) is 5.45. The summed E-state index contributed by atoms with van der Waals surface area (Å²) in [4.78, 5) is 0. The zero-order valence-electron chi connectivity index (χ0n) is 26.3. The average molecular weight is 607 g/mol. The molecule has 48 heavy (non-hydrogen) atoms. The van der Waals surface area contributed by atoms with Crippen molar-refractivity contribution < 1.29 is 0 Å². The first-order valence-electron chi connectivity index (χ1n) is 15.9. The summed E-state index contributed by atoms with van der Waals surface area (Å²) >= 11 is 0. The van der Waals surface area contributed by atoms with Crippen LogP contribution in [0.2, 0.25) is 0 Å². The maximum absolute atomic E-state index is 3.63. The van der Waals surface area contributed by atoms with Crippen LogP contribution in [0.3, 0.4) is 0 Å². The number of benzene rings is 2. The van der Waals surface area contributed by atoms with Gasteiger partial charge in [-0.25, -0.2) is 5.73 Å². The standard InChI is InChI=1S/C48H30/c1-5-14-37(15-6-1)24-43-31-44(25-38-16-7-2-8-17-38)34-47(33-43)29-41-22-13-23-42(28-41)30-48-35-45(26-39-18-9-3-10-19-39)32-46(36-48)27-40-20-11-4-12-21-40/h1-23,28,31-36H. The lowest BCUT2D eigenvalue weighted by molar-refractivity contribution is 1.33. The SMILES string of the molecule is C(=C1C=C([C+]=C2C=C[CH-]C=C2)[CH-]C([C+]=C2C=C[CH-]C=C2)=C1)=C1C=C([C+]=c2cc([C+]=C3C=C[CH-]C=C3)[cH+]c(=[C+]c3ccccc3)[cH-]2)C=C[CH-]1. The molecule has 0 nitrogen and oxygen atoms in total. The van der Waals surface area contributed by atoms with E-state index in [1.165, 1.54) is 0 Å². The topological polar surface area (TPSA) is 0 Å².